The average molecular weight is 238 g/mol. The highest BCUT2D eigenvalue weighted by Crippen LogP contribution is 2.25. The van der Waals surface area contributed by atoms with Crippen LogP contribution < -0.4 is 5.32 Å². The molecule has 1 N–H and O–H groups in total. The summed E-state index contributed by atoms with van der Waals surface area (Å²) < 4.78 is 0. The van der Waals surface area contributed by atoms with E-state index in [2.05, 4.69) is 24.1 Å². The Labute approximate surface area is 102 Å². The van der Waals surface area contributed by atoms with Gasteiger partial charge in [-0.25, -0.2) is 4.98 Å². The van der Waals surface area contributed by atoms with Crippen molar-refractivity contribution in [2.75, 3.05) is 13.1 Å². The molecule has 1 aliphatic heterocycles. The van der Waals surface area contributed by atoms with E-state index in [9.17, 15) is 0 Å². The number of thiazole rings is 1. The molecule has 0 spiro atoms. The van der Waals surface area contributed by atoms with Crippen LogP contribution in [0.15, 0.2) is 0 Å². The molecule has 2 nitrogen and oxygen atoms in total. The van der Waals surface area contributed by atoms with Gasteiger partial charge in [-0.15, -0.1) is 11.3 Å². The zero-order chi connectivity index (χ0) is 11.4. The Kier molecular flexibility index (Phi) is 4.36. The third-order valence-corrected chi connectivity index (χ3v) is 4.57. The fourth-order valence-corrected chi connectivity index (χ4v) is 3.63. The second-order valence-electron chi connectivity index (χ2n) is 4.76. The second kappa shape index (κ2) is 5.78. The van der Waals surface area contributed by atoms with Crippen LogP contribution in [-0.2, 0) is 12.8 Å². The van der Waals surface area contributed by atoms with E-state index in [0.717, 1.165) is 12.3 Å². The summed E-state index contributed by atoms with van der Waals surface area (Å²) in [5, 5.41) is 4.77. The van der Waals surface area contributed by atoms with Crippen molar-refractivity contribution in [3.8, 4) is 0 Å². The van der Waals surface area contributed by atoms with Crippen molar-refractivity contribution < 1.29 is 0 Å². The van der Waals surface area contributed by atoms with Crippen LogP contribution in [0, 0.1) is 12.8 Å². The first-order chi connectivity index (χ1) is 7.79. The number of piperidine rings is 1. The van der Waals surface area contributed by atoms with E-state index >= 15 is 0 Å². The predicted octanol–water partition coefficient (Wildman–Crippen LogP) is 2.95. The summed E-state index contributed by atoms with van der Waals surface area (Å²) >= 11 is 1.95. The summed E-state index contributed by atoms with van der Waals surface area (Å²) in [4.78, 5) is 6.21. The van der Waals surface area contributed by atoms with Crippen molar-refractivity contribution in [2.24, 2.45) is 5.92 Å². The molecule has 0 saturated carbocycles. The fourth-order valence-electron chi connectivity index (χ4n) is 2.35. The molecule has 1 aromatic rings. The van der Waals surface area contributed by atoms with E-state index in [1.54, 1.807) is 0 Å². The Balaban J connectivity index is 1.96. The molecule has 1 fully saturated rings. The van der Waals surface area contributed by atoms with Crippen LogP contribution >= 0.6 is 11.3 Å². The molecule has 16 heavy (non-hydrogen) atoms. The highest BCUT2D eigenvalue weighted by Gasteiger charge is 2.16. The van der Waals surface area contributed by atoms with Gasteiger partial charge in [0.1, 0.15) is 0 Å². The van der Waals surface area contributed by atoms with Gasteiger partial charge in [0.15, 0.2) is 0 Å². The van der Waals surface area contributed by atoms with Gasteiger partial charge in [0.25, 0.3) is 0 Å². The maximum absolute atomic E-state index is 4.67. The maximum Gasteiger partial charge on any atom is 0.0930 e. The Bertz CT molecular complexity index is 327. The van der Waals surface area contributed by atoms with Gasteiger partial charge < -0.3 is 5.32 Å². The molecule has 0 radical (unpaired) electrons. The highest BCUT2D eigenvalue weighted by molar-refractivity contribution is 7.11. The molecule has 2 rings (SSSR count). The van der Waals surface area contributed by atoms with E-state index in [4.69, 9.17) is 0 Å². The summed E-state index contributed by atoms with van der Waals surface area (Å²) in [6, 6.07) is 0. The monoisotopic (exact) mass is 238 g/mol. The molecule has 1 saturated heterocycles. The number of hydrogen-bond donors (Lipinski definition) is 1. The first kappa shape index (κ1) is 12.1. The minimum atomic E-state index is 0.884. The van der Waals surface area contributed by atoms with E-state index < -0.39 is 0 Å². The summed E-state index contributed by atoms with van der Waals surface area (Å²) in [5.41, 5.74) is 1.28. The number of nitrogens with one attached hydrogen (secondary N) is 1. The largest absolute Gasteiger partial charge is 0.317 e. The van der Waals surface area contributed by atoms with Gasteiger partial charge in [-0.3, -0.25) is 0 Å². The second-order valence-corrected chi connectivity index (χ2v) is 5.93. The Morgan fingerprint density at radius 2 is 2.12 bits per heavy atom. The Morgan fingerprint density at radius 1 is 1.38 bits per heavy atom. The number of aromatic nitrogens is 1. The van der Waals surface area contributed by atoms with Gasteiger partial charge in [0.2, 0.25) is 0 Å². The van der Waals surface area contributed by atoms with E-state index in [-0.39, 0.29) is 0 Å². The van der Waals surface area contributed by atoms with Crippen molar-refractivity contribution in [3.05, 3.63) is 15.6 Å². The Morgan fingerprint density at radius 3 is 2.81 bits per heavy atom. The third kappa shape index (κ3) is 3.05. The molecule has 2 heterocycles. The lowest BCUT2D eigenvalue weighted by Gasteiger charge is -2.21. The summed E-state index contributed by atoms with van der Waals surface area (Å²) in [6.07, 6.45) is 6.28. The molecule has 0 aromatic carbocycles. The molecule has 0 aliphatic carbocycles. The SMILES string of the molecule is CCCc1nc(C)c(CC2CCNCC2)s1. The van der Waals surface area contributed by atoms with Crippen molar-refractivity contribution >= 4 is 11.3 Å². The minimum Gasteiger partial charge on any atom is -0.317 e. The van der Waals surface area contributed by atoms with Crippen LogP contribution in [-0.4, -0.2) is 18.1 Å². The lowest BCUT2D eigenvalue weighted by Crippen LogP contribution is -2.28. The molecule has 90 valence electrons. The standard InChI is InChI=1S/C13H22N2S/c1-3-4-13-15-10(2)12(16-13)9-11-5-7-14-8-6-11/h11,14H,3-9H2,1-2H3. The van der Waals surface area contributed by atoms with Gasteiger partial charge in [-0.1, -0.05) is 6.92 Å². The number of rotatable bonds is 4. The Hall–Kier alpha value is -0.410. The maximum atomic E-state index is 4.67. The molecule has 0 bridgehead atoms. The average Bonchev–Trinajstić information content (AvgIpc) is 2.61. The van der Waals surface area contributed by atoms with Crippen LogP contribution in [0.1, 0.15) is 41.8 Å². The third-order valence-electron chi connectivity index (χ3n) is 3.33. The molecule has 1 aromatic heterocycles. The fraction of sp³-hybridized carbons (Fsp3) is 0.769. The molecular formula is C13H22N2S. The molecule has 3 heteroatoms. The number of aryl methyl sites for hydroxylation is 2. The smallest absolute Gasteiger partial charge is 0.0930 e. The van der Waals surface area contributed by atoms with Crippen LogP contribution in [0.2, 0.25) is 0 Å². The molecule has 0 atom stereocenters. The van der Waals surface area contributed by atoms with Crippen molar-refractivity contribution in [2.45, 2.75) is 46.0 Å². The van der Waals surface area contributed by atoms with E-state index in [1.807, 2.05) is 11.3 Å². The van der Waals surface area contributed by atoms with Gasteiger partial charge in [-0.05, 0) is 58.0 Å². The topological polar surface area (TPSA) is 24.9 Å². The van der Waals surface area contributed by atoms with Crippen molar-refractivity contribution in [1.82, 2.24) is 10.3 Å². The number of hydrogen-bond acceptors (Lipinski definition) is 3. The van der Waals surface area contributed by atoms with Crippen LogP contribution in [0.5, 0.6) is 0 Å². The predicted molar refractivity (Wildman–Crippen MR) is 70.1 cm³/mol. The molecule has 0 amide bonds. The zero-order valence-electron chi connectivity index (χ0n) is 10.4. The zero-order valence-corrected chi connectivity index (χ0v) is 11.2. The van der Waals surface area contributed by atoms with Crippen molar-refractivity contribution in [3.63, 3.8) is 0 Å². The number of nitrogens with zero attached hydrogens (tertiary/aromatic N) is 1. The van der Waals surface area contributed by atoms with Gasteiger partial charge in [0, 0.05) is 4.88 Å². The van der Waals surface area contributed by atoms with Gasteiger partial charge in [0.05, 0.1) is 10.7 Å². The van der Waals surface area contributed by atoms with Crippen LogP contribution in [0.25, 0.3) is 0 Å². The lowest BCUT2D eigenvalue weighted by atomic mass is 9.94. The minimum absolute atomic E-state index is 0.884. The lowest BCUT2D eigenvalue weighted by molar-refractivity contribution is 0.374. The molecule has 1 aliphatic rings. The quantitative estimate of drug-likeness (QED) is 0.872. The summed E-state index contributed by atoms with van der Waals surface area (Å²) in [5.74, 6) is 0.884. The highest BCUT2D eigenvalue weighted by atomic mass is 32.1. The molecular weight excluding hydrogens is 216 g/mol. The van der Waals surface area contributed by atoms with Crippen LogP contribution in [0.3, 0.4) is 0 Å². The first-order valence-electron chi connectivity index (χ1n) is 6.45. The van der Waals surface area contributed by atoms with Crippen molar-refractivity contribution in [1.29, 1.82) is 0 Å². The summed E-state index contributed by atoms with van der Waals surface area (Å²) in [7, 11) is 0. The van der Waals surface area contributed by atoms with Crippen LogP contribution in [0.4, 0.5) is 0 Å². The molecule has 0 unspecified atom stereocenters. The normalized spacial score (nSPS) is 17.9. The van der Waals surface area contributed by atoms with Gasteiger partial charge >= 0.3 is 0 Å². The van der Waals surface area contributed by atoms with E-state index in [0.29, 0.717) is 0 Å². The summed E-state index contributed by atoms with van der Waals surface area (Å²) in [6.45, 7) is 6.80. The first-order valence-corrected chi connectivity index (χ1v) is 7.27. The van der Waals surface area contributed by atoms with Gasteiger partial charge in [-0.2, -0.15) is 0 Å². The van der Waals surface area contributed by atoms with E-state index in [1.165, 1.54) is 54.4 Å².